The van der Waals surface area contributed by atoms with Crippen LogP contribution in [-0.4, -0.2) is 8.42 Å². The number of aryl methyl sites for hydroxylation is 2. The maximum atomic E-state index is 12.5. The van der Waals surface area contributed by atoms with Gasteiger partial charge in [0, 0.05) is 11.3 Å². The highest BCUT2D eigenvalue weighted by atomic mass is 32.2. The van der Waals surface area contributed by atoms with Crippen LogP contribution in [0.1, 0.15) is 11.3 Å². The molecule has 3 N–H and O–H groups in total. The Bertz CT molecular complexity index is 974. The topological polar surface area (TPSA) is 85.3 Å². The summed E-state index contributed by atoms with van der Waals surface area (Å²) in [7, 11) is -3.68. The monoisotopic (exact) mass is 342 g/mol. The first-order valence-electron chi connectivity index (χ1n) is 7.41. The molecule has 2 aromatic carbocycles. The zero-order valence-electron chi connectivity index (χ0n) is 13.4. The zero-order valence-corrected chi connectivity index (χ0v) is 14.2. The van der Waals surface area contributed by atoms with E-state index in [1.54, 1.807) is 18.2 Å². The van der Waals surface area contributed by atoms with Gasteiger partial charge in [-0.05, 0) is 61.9 Å². The number of furan rings is 1. The molecule has 0 atom stereocenters. The molecule has 0 amide bonds. The minimum absolute atomic E-state index is 0.162. The minimum atomic E-state index is -3.68. The van der Waals surface area contributed by atoms with E-state index in [9.17, 15) is 8.42 Å². The Morgan fingerprint density at radius 2 is 1.67 bits per heavy atom. The van der Waals surface area contributed by atoms with Gasteiger partial charge in [0.2, 0.25) is 0 Å². The van der Waals surface area contributed by atoms with Crippen molar-refractivity contribution < 1.29 is 12.8 Å². The average molecular weight is 342 g/mol. The van der Waals surface area contributed by atoms with Crippen LogP contribution in [0.5, 0.6) is 0 Å². The van der Waals surface area contributed by atoms with Gasteiger partial charge in [-0.1, -0.05) is 12.1 Å². The van der Waals surface area contributed by atoms with Gasteiger partial charge in [0.15, 0.2) is 0 Å². The van der Waals surface area contributed by atoms with E-state index in [-0.39, 0.29) is 4.90 Å². The van der Waals surface area contributed by atoms with E-state index < -0.39 is 10.0 Å². The van der Waals surface area contributed by atoms with Crippen LogP contribution in [0.4, 0.5) is 11.4 Å². The van der Waals surface area contributed by atoms with E-state index in [0.29, 0.717) is 17.1 Å². The molecule has 0 radical (unpaired) electrons. The predicted octanol–water partition coefficient (Wildman–Crippen LogP) is 3.95. The van der Waals surface area contributed by atoms with Crippen LogP contribution in [0.25, 0.3) is 11.3 Å². The first kappa shape index (κ1) is 16.1. The summed E-state index contributed by atoms with van der Waals surface area (Å²) >= 11 is 0. The second kappa shape index (κ2) is 6.05. The number of hydrogen-bond donors (Lipinski definition) is 2. The summed E-state index contributed by atoms with van der Waals surface area (Å²) in [5.74, 6) is 1.50. The predicted molar refractivity (Wildman–Crippen MR) is 95.3 cm³/mol. The van der Waals surface area contributed by atoms with E-state index >= 15 is 0 Å². The number of anilines is 2. The molecule has 3 rings (SSSR count). The molecule has 0 saturated carbocycles. The number of hydrogen-bond acceptors (Lipinski definition) is 4. The lowest BCUT2D eigenvalue weighted by Gasteiger charge is -2.12. The van der Waals surface area contributed by atoms with Crippen LogP contribution in [0.3, 0.4) is 0 Å². The molecule has 24 heavy (non-hydrogen) atoms. The van der Waals surface area contributed by atoms with Crippen LogP contribution in [0.2, 0.25) is 0 Å². The molecule has 0 saturated heterocycles. The highest BCUT2D eigenvalue weighted by Crippen LogP contribution is 2.28. The Labute approximate surface area is 141 Å². The maximum absolute atomic E-state index is 12.5. The SMILES string of the molecule is Cc1ccc(-c2ccc(C)c(NS(=O)(=O)c3ccc(N)cc3)c2)o1. The van der Waals surface area contributed by atoms with Gasteiger partial charge in [0.25, 0.3) is 10.0 Å². The molecular weight excluding hydrogens is 324 g/mol. The highest BCUT2D eigenvalue weighted by molar-refractivity contribution is 7.92. The molecule has 1 aromatic heterocycles. The summed E-state index contributed by atoms with van der Waals surface area (Å²) in [5, 5.41) is 0. The van der Waals surface area contributed by atoms with Crippen LogP contribution >= 0.6 is 0 Å². The molecule has 6 heteroatoms. The lowest BCUT2D eigenvalue weighted by Crippen LogP contribution is -2.13. The summed E-state index contributed by atoms with van der Waals surface area (Å²) in [6.07, 6.45) is 0. The standard InChI is InChI=1S/C18H18N2O3S/c1-12-3-5-14(18-10-4-13(2)23-18)11-17(12)20-24(21,22)16-8-6-15(19)7-9-16/h3-11,20H,19H2,1-2H3. The van der Waals surface area contributed by atoms with Crippen molar-refractivity contribution >= 4 is 21.4 Å². The second-order valence-corrected chi connectivity index (χ2v) is 7.30. The maximum Gasteiger partial charge on any atom is 0.261 e. The third kappa shape index (κ3) is 3.28. The molecule has 1 heterocycles. The van der Waals surface area contributed by atoms with Crippen molar-refractivity contribution in [3.05, 3.63) is 65.9 Å². The zero-order chi connectivity index (χ0) is 17.3. The van der Waals surface area contributed by atoms with Gasteiger partial charge in [0.05, 0.1) is 10.6 Å². The molecule has 0 unspecified atom stereocenters. The Balaban J connectivity index is 1.96. The van der Waals surface area contributed by atoms with E-state index in [1.807, 2.05) is 38.1 Å². The minimum Gasteiger partial charge on any atom is -0.461 e. The van der Waals surface area contributed by atoms with Crippen molar-refractivity contribution in [3.8, 4) is 11.3 Å². The van der Waals surface area contributed by atoms with Gasteiger partial charge in [-0.25, -0.2) is 8.42 Å². The number of nitrogen functional groups attached to an aromatic ring is 1. The third-order valence-electron chi connectivity index (χ3n) is 3.70. The third-order valence-corrected chi connectivity index (χ3v) is 5.08. The fourth-order valence-electron chi connectivity index (χ4n) is 2.33. The Kier molecular flexibility index (Phi) is 4.07. The van der Waals surface area contributed by atoms with Crippen molar-refractivity contribution in [1.82, 2.24) is 0 Å². The lowest BCUT2D eigenvalue weighted by atomic mass is 10.1. The Morgan fingerprint density at radius 3 is 2.29 bits per heavy atom. The van der Waals surface area contributed by atoms with Crippen LogP contribution in [-0.2, 0) is 10.0 Å². The van der Waals surface area contributed by atoms with Gasteiger partial charge < -0.3 is 10.2 Å². The summed E-state index contributed by atoms with van der Waals surface area (Å²) < 4.78 is 33.3. The van der Waals surface area contributed by atoms with Gasteiger partial charge in [0.1, 0.15) is 11.5 Å². The van der Waals surface area contributed by atoms with Gasteiger partial charge in [-0.15, -0.1) is 0 Å². The van der Waals surface area contributed by atoms with Crippen LogP contribution < -0.4 is 10.5 Å². The Morgan fingerprint density at radius 1 is 0.958 bits per heavy atom. The number of nitrogens with two attached hydrogens (primary N) is 1. The summed E-state index contributed by atoms with van der Waals surface area (Å²) in [5.41, 5.74) is 8.26. The van der Waals surface area contributed by atoms with Crippen molar-refractivity contribution in [2.45, 2.75) is 18.7 Å². The molecule has 0 fully saturated rings. The number of nitrogens with one attached hydrogen (secondary N) is 1. The molecule has 124 valence electrons. The quantitative estimate of drug-likeness (QED) is 0.703. The van der Waals surface area contributed by atoms with Crippen molar-refractivity contribution in [1.29, 1.82) is 0 Å². The van der Waals surface area contributed by atoms with Gasteiger partial charge in [-0.3, -0.25) is 4.72 Å². The molecular formula is C18H18N2O3S. The van der Waals surface area contributed by atoms with E-state index in [1.165, 1.54) is 12.1 Å². The first-order chi connectivity index (χ1) is 11.3. The summed E-state index contributed by atoms with van der Waals surface area (Å²) in [6, 6.07) is 15.3. The van der Waals surface area contributed by atoms with E-state index in [0.717, 1.165) is 16.9 Å². The van der Waals surface area contributed by atoms with Gasteiger partial charge in [-0.2, -0.15) is 0 Å². The van der Waals surface area contributed by atoms with Crippen LogP contribution in [0, 0.1) is 13.8 Å². The first-order valence-corrected chi connectivity index (χ1v) is 8.89. The number of sulfonamides is 1. The Hall–Kier alpha value is -2.73. The van der Waals surface area contributed by atoms with Crippen molar-refractivity contribution in [2.75, 3.05) is 10.5 Å². The largest absolute Gasteiger partial charge is 0.461 e. The normalized spacial score (nSPS) is 11.4. The molecule has 0 bridgehead atoms. The fourth-order valence-corrected chi connectivity index (χ4v) is 3.45. The van der Waals surface area contributed by atoms with Crippen LogP contribution in [0.15, 0.2) is 63.9 Å². The average Bonchev–Trinajstić information content (AvgIpc) is 2.96. The fraction of sp³-hybridized carbons (Fsp3) is 0.111. The molecule has 0 aliphatic heterocycles. The molecule has 0 aliphatic carbocycles. The lowest BCUT2D eigenvalue weighted by molar-refractivity contribution is 0.548. The molecule has 5 nitrogen and oxygen atoms in total. The number of benzene rings is 2. The van der Waals surface area contributed by atoms with Gasteiger partial charge >= 0.3 is 0 Å². The molecule has 0 spiro atoms. The second-order valence-electron chi connectivity index (χ2n) is 5.61. The highest BCUT2D eigenvalue weighted by Gasteiger charge is 2.16. The molecule has 0 aliphatic rings. The van der Waals surface area contributed by atoms with Crippen molar-refractivity contribution in [3.63, 3.8) is 0 Å². The number of rotatable bonds is 4. The summed E-state index contributed by atoms with van der Waals surface area (Å²) in [6.45, 7) is 3.71. The summed E-state index contributed by atoms with van der Waals surface area (Å²) in [4.78, 5) is 0.162. The van der Waals surface area contributed by atoms with E-state index in [4.69, 9.17) is 10.2 Å². The van der Waals surface area contributed by atoms with E-state index in [2.05, 4.69) is 4.72 Å². The van der Waals surface area contributed by atoms with Crippen molar-refractivity contribution in [2.24, 2.45) is 0 Å². The molecule has 3 aromatic rings. The smallest absolute Gasteiger partial charge is 0.261 e.